The molecule has 1 amide bonds. The number of aryl methyl sites for hydroxylation is 1. The summed E-state index contributed by atoms with van der Waals surface area (Å²) in [6.45, 7) is 6.52. The van der Waals surface area contributed by atoms with Crippen molar-refractivity contribution in [2.75, 3.05) is 0 Å². The molecule has 0 saturated carbocycles. The van der Waals surface area contributed by atoms with Crippen molar-refractivity contribution in [2.24, 2.45) is 7.05 Å². The van der Waals surface area contributed by atoms with Crippen molar-refractivity contribution in [3.05, 3.63) is 77.9 Å². The minimum atomic E-state index is -0.376. The molecule has 0 aliphatic heterocycles. The van der Waals surface area contributed by atoms with Crippen LogP contribution in [0.25, 0.3) is 0 Å². The van der Waals surface area contributed by atoms with Crippen molar-refractivity contribution in [1.82, 2.24) is 24.8 Å². The predicted molar refractivity (Wildman–Crippen MR) is 99.7 cm³/mol. The van der Waals surface area contributed by atoms with E-state index >= 15 is 0 Å². The lowest BCUT2D eigenvalue weighted by molar-refractivity contribution is 0.0935. The quantitative estimate of drug-likeness (QED) is 0.786. The molecule has 0 bridgehead atoms. The Balaban J connectivity index is 1.94. The van der Waals surface area contributed by atoms with Crippen LogP contribution in [0.3, 0.4) is 0 Å². The molecule has 26 heavy (non-hydrogen) atoms. The fourth-order valence-electron chi connectivity index (χ4n) is 2.75. The molecule has 1 N–H and O–H groups in total. The van der Waals surface area contributed by atoms with Gasteiger partial charge in [-0.3, -0.25) is 9.78 Å². The van der Waals surface area contributed by atoms with Gasteiger partial charge < -0.3 is 9.88 Å². The molecule has 0 aliphatic rings. The van der Waals surface area contributed by atoms with E-state index < -0.39 is 0 Å². The van der Waals surface area contributed by atoms with Gasteiger partial charge in [-0.05, 0) is 16.5 Å². The molecule has 6 nitrogen and oxygen atoms in total. The van der Waals surface area contributed by atoms with Crippen LogP contribution in [0.15, 0.2) is 55.2 Å². The van der Waals surface area contributed by atoms with E-state index in [1.807, 2.05) is 29.9 Å². The molecule has 3 aromatic rings. The number of carbonyl (C=O) groups excluding carboxylic acids is 1. The molecule has 2 aromatic heterocycles. The summed E-state index contributed by atoms with van der Waals surface area (Å²) in [7, 11) is 1.91. The van der Waals surface area contributed by atoms with Crippen molar-refractivity contribution >= 4 is 5.91 Å². The first-order valence-electron chi connectivity index (χ1n) is 8.51. The lowest BCUT2D eigenvalue weighted by atomic mass is 9.86. The summed E-state index contributed by atoms with van der Waals surface area (Å²) in [4.78, 5) is 25.1. The minimum Gasteiger partial charge on any atom is -0.337 e. The molecule has 1 aromatic carbocycles. The molecule has 134 valence electrons. The molecule has 0 saturated heterocycles. The first kappa shape index (κ1) is 17.8. The fourth-order valence-corrected chi connectivity index (χ4v) is 2.75. The second-order valence-electron chi connectivity index (χ2n) is 7.27. The Morgan fingerprint density at radius 1 is 1.08 bits per heavy atom. The molecular weight excluding hydrogens is 326 g/mol. The van der Waals surface area contributed by atoms with Gasteiger partial charge in [0.25, 0.3) is 5.91 Å². The Hall–Kier alpha value is -3.02. The Morgan fingerprint density at radius 2 is 1.81 bits per heavy atom. The lowest BCUT2D eigenvalue weighted by Gasteiger charge is -2.22. The molecule has 2 heterocycles. The summed E-state index contributed by atoms with van der Waals surface area (Å²) in [5.41, 5.74) is 2.54. The monoisotopic (exact) mass is 349 g/mol. The van der Waals surface area contributed by atoms with Gasteiger partial charge in [-0.25, -0.2) is 9.97 Å². The molecule has 0 radical (unpaired) electrons. The topological polar surface area (TPSA) is 72.7 Å². The predicted octanol–water partition coefficient (Wildman–Crippen LogP) is 3.03. The first-order valence-corrected chi connectivity index (χ1v) is 8.51. The third kappa shape index (κ3) is 3.79. The SMILES string of the molecule is Cn1ccnc1C(NC(=O)c1cnccn1)c1ccc(C(C)(C)C)cc1. The summed E-state index contributed by atoms with van der Waals surface area (Å²) in [5, 5.41) is 3.03. The fraction of sp³-hybridized carbons (Fsp3) is 0.300. The van der Waals surface area contributed by atoms with Gasteiger partial charge in [-0.1, -0.05) is 45.0 Å². The van der Waals surface area contributed by atoms with Gasteiger partial charge in [-0.2, -0.15) is 0 Å². The third-order valence-corrected chi connectivity index (χ3v) is 4.30. The Kier molecular flexibility index (Phi) is 4.84. The van der Waals surface area contributed by atoms with Crippen molar-refractivity contribution in [3.63, 3.8) is 0 Å². The number of hydrogen-bond donors (Lipinski definition) is 1. The van der Waals surface area contributed by atoms with Gasteiger partial charge >= 0.3 is 0 Å². The van der Waals surface area contributed by atoms with E-state index in [2.05, 4.69) is 53.2 Å². The van der Waals surface area contributed by atoms with Crippen molar-refractivity contribution in [2.45, 2.75) is 32.2 Å². The summed E-state index contributed by atoms with van der Waals surface area (Å²) in [5.74, 6) is 0.469. The van der Waals surface area contributed by atoms with Gasteiger partial charge in [0.05, 0.1) is 6.20 Å². The van der Waals surface area contributed by atoms with E-state index in [-0.39, 0.29) is 23.1 Å². The second kappa shape index (κ2) is 7.07. The highest BCUT2D eigenvalue weighted by Gasteiger charge is 2.23. The molecule has 1 atom stereocenters. The maximum Gasteiger partial charge on any atom is 0.272 e. The maximum absolute atomic E-state index is 12.6. The van der Waals surface area contributed by atoms with Gasteiger partial charge in [0.15, 0.2) is 0 Å². The molecule has 6 heteroatoms. The van der Waals surface area contributed by atoms with Crippen LogP contribution in [-0.2, 0) is 12.5 Å². The summed E-state index contributed by atoms with van der Waals surface area (Å²) >= 11 is 0. The second-order valence-corrected chi connectivity index (χ2v) is 7.27. The zero-order valence-corrected chi connectivity index (χ0v) is 15.5. The van der Waals surface area contributed by atoms with Crippen LogP contribution in [0.1, 0.15) is 54.3 Å². The Bertz CT molecular complexity index is 879. The average Bonchev–Trinajstić information content (AvgIpc) is 3.05. The lowest BCUT2D eigenvalue weighted by Crippen LogP contribution is -2.31. The van der Waals surface area contributed by atoms with Crippen LogP contribution >= 0.6 is 0 Å². The standard InChI is InChI=1S/C20H23N5O/c1-20(2,3)15-7-5-14(6-8-15)17(18-23-11-12-25(18)4)24-19(26)16-13-21-9-10-22-16/h5-13,17H,1-4H3,(H,24,26). The average molecular weight is 349 g/mol. The van der Waals surface area contributed by atoms with Crippen LogP contribution in [0.2, 0.25) is 0 Å². The van der Waals surface area contributed by atoms with Crippen molar-refractivity contribution in [1.29, 1.82) is 0 Å². The first-order chi connectivity index (χ1) is 12.4. The van der Waals surface area contributed by atoms with Gasteiger partial charge in [-0.15, -0.1) is 0 Å². The number of imidazole rings is 1. The van der Waals surface area contributed by atoms with Gasteiger partial charge in [0.1, 0.15) is 17.6 Å². The molecule has 0 aliphatic carbocycles. The zero-order valence-electron chi connectivity index (χ0n) is 15.5. The largest absolute Gasteiger partial charge is 0.337 e. The minimum absolute atomic E-state index is 0.0696. The highest BCUT2D eigenvalue weighted by molar-refractivity contribution is 5.92. The number of nitrogens with one attached hydrogen (secondary N) is 1. The normalized spacial score (nSPS) is 12.6. The molecule has 1 unspecified atom stereocenters. The number of aromatic nitrogens is 4. The summed E-state index contributed by atoms with van der Waals surface area (Å²) in [6.07, 6.45) is 8.08. The van der Waals surface area contributed by atoms with E-state index in [1.165, 1.54) is 24.2 Å². The molecule has 0 fully saturated rings. The van der Waals surface area contributed by atoms with Crippen LogP contribution in [0.4, 0.5) is 0 Å². The highest BCUT2D eigenvalue weighted by atomic mass is 16.2. The molecule has 0 spiro atoms. The number of benzene rings is 1. The summed E-state index contributed by atoms with van der Waals surface area (Å²) < 4.78 is 1.90. The third-order valence-electron chi connectivity index (χ3n) is 4.30. The van der Waals surface area contributed by atoms with Crippen LogP contribution < -0.4 is 5.32 Å². The van der Waals surface area contributed by atoms with Crippen LogP contribution in [0, 0.1) is 0 Å². The van der Waals surface area contributed by atoms with E-state index in [0.29, 0.717) is 0 Å². The number of amides is 1. The van der Waals surface area contributed by atoms with Crippen LogP contribution in [0.5, 0.6) is 0 Å². The number of nitrogens with zero attached hydrogens (tertiary/aromatic N) is 4. The summed E-state index contributed by atoms with van der Waals surface area (Å²) in [6, 6.07) is 7.89. The number of rotatable bonds is 4. The molecular formula is C20H23N5O. The number of hydrogen-bond acceptors (Lipinski definition) is 4. The van der Waals surface area contributed by atoms with Crippen molar-refractivity contribution in [3.8, 4) is 0 Å². The smallest absolute Gasteiger partial charge is 0.272 e. The Morgan fingerprint density at radius 3 is 2.35 bits per heavy atom. The Labute approximate surface area is 153 Å². The van der Waals surface area contributed by atoms with Crippen molar-refractivity contribution < 1.29 is 4.79 Å². The molecule has 3 rings (SSSR count). The number of carbonyl (C=O) groups is 1. The highest BCUT2D eigenvalue weighted by Crippen LogP contribution is 2.26. The van der Waals surface area contributed by atoms with E-state index in [9.17, 15) is 4.79 Å². The van der Waals surface area contributed by atoms with E-state index in [0.717, 1.165) is 11.4 Å². The van der Waals surface area contributed by atoms with E-state index in [1.54, 1.807) is 6.20 Å². The van der Waals surface area contributed by atoms with E-state index in [4.69, 9.17) is 0 Å². The van der Waals surface area contributed by atoms with Crippen LogP contribution in [-0.4, -0.2) is 25.4 Å². The van der Waals surface area contributed by atoms with Gasteiger partial charge in [0.2, 0.25) is 0 Å². The maximum atomic E-state index is 12.6. The zero-order chi connectivity index (χ0) is 18.7. The van der Waals surface area contributed by atoms with Gasteiger partial charge in [0, 0.05) is 31.8 Å².